The average Bonchev–Trinajstić information content (AvgIpc) is 2.93. The third-order valence-corrected chi connectivity index (χ3v) is 3.77. The molecular weight excluding hydrogens is 335 g/mol. The fourth-order valence-electron chi connectivity index (χ4n) is 2.42. The smallest absolute Gasteiger partial charge is 0.422 e. The highest BCUT2D eigenvalue weighted by atomic mass is 19.4. The molecule has 0 saturated heterocycles. The molecule has 0 fully saturated rings. The Morgan fingerprint density at radius 1 is 1.20 bits per heavy atom. The third-order valence-electron chi connectivity index (χ3n) is 3.77. The van der Waals surface area contributed by atoms with Crippen molar-refractivity contribution in [2.24, 2.45) is 0 Å². The number of aromatic nitrogens is 2. The highest BCUT2D eigenvalue weighted by molar-refractivity contribution is 5.43. The molecule has 0 unspecified atom stereocenters. The first-order valence-electron chi connectivity index (χ1n) is 7.92. The largest absolute Gasteiger partial charge is 0.493 e. The first-order chi connectivity index (χ1) is 11.8. The van der Waals surface area contributed by atoms with Crippen LogP contribution in [0.3, 0.4) is 0 Å². The number of halogens is 3. The topological polar surface area (TPSA) is 48.3 Å². The number of benzene rings is 1. The van der Waals surface area contributed by atoms with Gasteiger partial charge in [-0.15, -0.1) is 0 Å². The Morgan fingerprint density at radius 3 is 2.56 bits per heavy atom. The summed E-state index contributed by atoms with van der Waals surface area (Å²) in [5.74, 6) is 0.349. The Labute approximate surface area is 144 Å². The van der Waals surface area contributed by atoms with Crippen LogP contribution in [0.1, 0.15) is 23.7 Å². The first kappa shape index (κ1) is 19.1. The SMILES string of the molecule is CCn1ncc(CNCc2ccc(OCC(F)(F)F)c(OC)c2)c1C. The second-order valence-electron chi connectivity index (χ2n) is 5.56. The predicted octanol–water partition coefficient (Wildman–Crippen LogP) is 3.45. The lowest BCUT2D eigenvalue weighted by Crippen LogP contribution is -2.19. The lowest BCUT2D eigenvalue weighted by Gasteiger charge is -2.14. The predicted molar refractivity (Wildman–Crippen MR) is 87.7 cm³/mol. The van der Waals surface area contributed by atoms with E-state index >= 15 is 0 Å². The second kappa shape index (κ2) is 8.24. The van der Waals surface area contributed by atoms with E-state index in [0.717, 1.165) is 23.4 Å². The van der Waals surface area contributed by atoms with Gasteiger partial charge in [0.15, 0.2) is 18.1 Å². The van der Waals surface area contributed by atoms with Gasteiger partial charge in [0.25, 0.3) is 0 Å². The molecule has 0 spiro atoms. The highest BCUT2D eigenvalue weighted by Crippen LogP contribution is 2.29. The number of nitrogens with zero attached hydrogens (tertiary/aromatic N) is 2. The summed E-state index contributed by atoms with van der Waals surface area (Å²) in [6.07, 6.45) is -2.55. The highest BCUT2D eigenvalue weighted by Gasteiger charge is 2.29. The van der Waals surface area contributed by atoms with Gasteiger partial charge in [-0.25, -0.2) is 0 Å². The lowest BCUT2D eigenvalue weighted by molar-refractivity contribution is -0.153. The maximum atomic E-state index is 12.3. The molecule has 2 aromatic rings. The van der Waals surface area contributed by atoms with E-state index in [-0.39, 0.29) is 11.5 Å². The van der Waals surface area contributed by atoms with Crippen molar-refractivity contribution < 1.29 is 22.6 Å². The standard InChI is InChI=1S/C17H22F3N3O2/c1-4-23-12(2)14(10-22-23)9-21-8-13-5-6-15(16(7-13)24-3)25-11-17(18,19)20/h5-7,10,21H,4,8-9,11H2,1-3H3. The van der Waals surface area contributed by atoms with Crippen LogP contribution >= 0.6 is 0 Å². The maximum Gasteiger partial charge on any atom is 0.422 e. The first-order valence-corrected chi connectivity index (χ1v) is 7.92. The summed E-state index contributed by atoms with van der Waals surface area (Å²) in [5.41, 5.74) is 3.11. The quantitative estimate of drug-likeness (QED) is 0.786. The number of ether oxygens (including phenoxy) is 2. The molecule has 1 heterocycles. The summed E-state index contributed by atoms with van der Waals surface area (Å²) in [7, 11) is 1.40. The molecule has 0 atom stereocenters. The van der Waals surface area contributed by atoms with Crippen LogP contribution in [0, 0.1) is 6.92 Å². The van der Waals surface area contributed by atoms with Gasteiger partial charge in [-0.1, -0.05) is 6.07 Å². The molecule has 5 nitrogen and oxygen atoms in total. The van der Waals surface area contributed by atoms with E-state index in [0.29, 0.717) is 13.1 Å². The Hall–Kier alpha value is -2.22. The molecule has 138 valence electrons. The molecular formula is C17H22F3N3O2. The molecule has 8 heteroatoms. The zero-order valence-electron chi connectivity index (χ0n) is 14.5. The molecule has 0 aliphatic rings. The van der Waals surface area contributed by atoms with E-state index in [1.165, 1.54) is 13.2 Å². The zero-order chi connectivity index (χ0) is 18.4. The van der Waals surface area contributed by atoms with Crippen molar-refractivity contribution in [2.45, 2.75) is 39.7 Å². The lowest BCUT2D eigenvalue weighted by atomic mass is 10.2. The van der Waals surface area contributed by atoms with Crippen LogP contribution in [0.5, 0.6) is 11.5 Å². The molecule has 0 aliphatic carbocycles. The number of nitrogens with one attached hydrogen (secondary N) is 1. The third kappa shape index (κ3) is 5.38. The van der Waals surface area contributed by atoms with Crippen molar-refractivity contribution in [2.75, 3.05) is 13.7 Å². The Bertz CT molecular complexity index is 699. The summed E-state index contributed by atoms with van der Waals surface area (Å²) in [4.78, 5) is 0. The van der Waals surface area contributed by atoms with E-state index in [9.17, 15) is 13.2 Å². The van der Waals surface area contributed by atoms with Crippen LogP contribution in [0.2, 0.25) is 0 Å². The normalized spacial score (nSPS) is 11.6. The number of hydrogen-bond acceptors (Lipinski definition) is 4. The molecule has 0 amide bonds. The summed E-state index contributed by atoms with van der Waals surface area (Å²) in [5, 5.41) is 7.58. The van der Waals surface area contributed by atoms with Crippen LogP contribution in [-0.2, 0) is 19.6 Å². The van der Waals surface area contributed by atoms with E-state index in [1.807, 2.05) is 24.7 Å². The van der Waals surface area contributed by atoms with Gasteiger partial charge in [-0.05, 0) is 31.5 Å². The summed E-state index contributed by atoms with van der Waals surface area (Å²) in [6, 6.07) is 4.87. The van der Waals surface area contributed by atoms with E-state index in [4.69, 9.17) is 9.47 Å². The van der Waals surface area contributed by atoms with Crippen molar-refractivity contribution in [3.63, 3.8) is 0 Å². The molecule has 0 radical (unpaired) electrons. The minimum atomic E-state index is -4.38. The van der Waals surface area contributed by atoms with Crippen LogP contribution in [0.15, 0.2) is 24.4 Å². The number of alkyl halides is 3. The van der Waals surface area contributed by atoms with Crippen LogP contribution < -0.4 is 14.8 Å². The molecule has 1 aromatic carbocycles. The van der Waals surface area contributed by atoms with Crippen LogP contribution in [-0.4, -0.2) is 29.7 Å². The fraction of sp³-hybridized carbons (Fsp3) is 0.471. The molecule has 2 rings (SSSR count). The van der Waals surface area contributed by atoms with Gasteiger partial charge in [0.2, 0.25) is 0 Å². The van der Waals surface area contributed by atoms with E-state index < -0.39 is 12.8 Å². The minimum absolute atomic E-state index is 0.0728. The Morgan fingerprint density at radius 2 is 1.96 bits per heavy atom. The fourth-order valence-corrected chi connectivity index (χ4v) is 2.42. The molecule has 1 aromatic heterocycles. The summed E-state index contributed by atoms with van der Waals surface area (Å²) < 4.78 is 48.6. The molecule has 0 bridgehead atoms. The van der Waals surface area contributed by atoms with E-state index in [1.54, 1.807) is 12.1 Å². The average molecular weight is 357 g/mol. The molecule has 0 aliphatic heterocycles. The summed E-state index contributed by atoms with van der Waals surface area (Å²) >= 11 is 0. The van der Waals surface area contributed by atoms with Crippen LogP contribution in [0.4, 0.5) is 13.2 Å². The molecule has 1 N–H and O–H groups in total. The van der Waals surface area contributed by atoms with Crippen molar-refractivity contribution in [1.82, 2.24) is 15.1 Å². The number of hydrogen-bond donors (Lipinski definition) is 1. The van der Waals surface area contributed by atoms with Gasteiger partial charge >= 0.3 is 6.18 Å². The van der Waals surface area contributed by atoms with Crippen LogP contribution in [0.25, 0.3) is 0 Å². The Kier molecular flexibility index (Phi) is 6.30. The Balaban J connectivity index is 1.94. The van der Waals surface area contributed by atoms with Crippen molar-refractivity contribution in [3.05, 3.63) is 41.2 Å². The van der Waals surface area contributed by atoms with Gasteiger partial charge in [0.05, 0.1) is 13.3 Å². The van der Waals surface area contributed by atoms with Gasteiger partial charge in [-0.3, -0.25) is 4.68 Å². The van der Waals surface area contributed by atoms with Gasteiger partial charge in [0.1, 0.15) is 0 Å². The van der Waals surface area contributed by atoms with Gasteiger partial charge in [-0.2, -0.15) is 18.3 Å². The molecule has 0 saturated carbocycles. The summed E-state index contributed by atoms with van der Waals surface area (Å²) in [6.45, 7) is 4.73. The van der Waals surface area contributed by atoms with Gasteiger partial charge < -0.3 is 14.8 Å². The minimum Gasteiger partial charge on any atom is -0.493 e. The maximum absolute atomic E-state index is 12.3. The van der Waals surface area contributed by atoms with Crippen molar-refractivity contribution in [1.29, 1.82) is 0 Å². The van der Waals surface area contributed by atoms with Crippen molar-refractivity contribution in [3.8, 4) is 11.5 Å². The van der Waals surface area contributed by atoms with E-state index in [2.05, 4.69) is 10.4 Å². The number of rotatable bonds is 8. The van der Waals surface area contributed by atoms with Crippen molar-refractivity contribution >= 4 is 0 Å². The monoisotopic (exact) mass is 357 g/mol. The number of methoxy groups -OCH3 is 1. The van der Waals surface area contributed by atoms with Gasteiger partial charge in [0, 0.05) is 30.9 Å². The molecule has 25 heavy (non-hydrogen) atoms. The zero-order valence-corrected chi connectivity index (χ0v) is 14.5. The number of aryl methyl sites for hydroxylation is 1. The second-order valence-corrected chi connectivity index (χ2v) is 5.56.